The van der Waals surface area contributed by atoms with Gasteiger partial charge in [0.25, 0.3) is 0 Å². The number of halogens is 1. The first-order chi connectivity index (χ1) is 7.81. The Hall–Kier alpha value is -0.280. The molecule has 3 unspecified atom stereocenters. The quantitative estimate of drug-likeness (QED) is 0.762. The van der Waals surface area contributed by atoms with Crippen LogP contribution in [0.15, 0.2) is 0 Å². The zero-order chi connectivity index (χ0) is 11.4. The minimum Gasteiger partial charge on any atom is -0.355 e. The van der Waals surface area contributed by atoms with E-state index in [4.69, 9.17) is 0 Å². The van der Waals surface area contributed by atoms with Gasteiger partial charge in [0.15, 0.2) is 0 Å². The van der Waals surface area contributed by atoms with Crippen LogP contribution in [0.1, 0.15) is 51.9 Å². The van der Waals surface area contributed by atoms with Gasteiger partial charge in [0.1, 0.15) is 0 Å². The second kappa shape index (κ2) is 7.22. The Morgan fingerprint density at radius 1 is 1.35 bits per heavy atom. The Kier molecular flexibility index (Phi) is 6.28. The number of hydrogen-bond donors (Lipinski definition) is 2. The SMILES string of the molecule is CCCCNC(=O)C1CC2CCCCC2N1.Cl. The van der Waals surface area contributed by atoms with Gasteiger partial charge in [-0.15, -0.1) is 12.4 Å². The summed E-state index contributed by atoms with van der Waals surface area (Å²) in [6, 6.07) is 0.709. The van der Waals surface area contributed by atoms with Crippen molar-refractivity contribution >= 4 is 18.3 Å². The summed E-state index contributed by atoms with van der Waals surface area (Å²) >= 11 is 0. The monoisotopic (exact) mass is 260 g/mol. The minimum atomic E-state index is 0. The van der Waals surface area contributed by atoms with Crippen LogP contribution < -0.4 is 10.6 Å². The van der Waals surface area contributed by atoms with Gasteiger partial charge < -0.3 is 10.6 Å². The van der Waals surface area contributed by atoms with E-state index in [0.29, 0.717) is 6.04 Å². The highest BCUT2D eigenvalue weighted by atomic mass is 35.5. The van der Waals surface area contributed by atoms with Gasteiger partial charge >= 0.3 is 0 Å². The van der Waals surface area contributed by atoms with E-state index in [-0.39, 0.29) is 24.4 Å². The number of unbranched alkanes of at least 4 members (excludes halogenated alkanes) is 1. The van der Waals surface area contributed by atoms with E-state index in [1.807, 2.05) is 0 Å². The summed E-state index contributed by atoms with van der Waals surface area (Å²) in [6.07, 6.45) is 8.56. The zero-order valence-corrected chi connectivity index (χ0v) is 11.5. The van der Waals surface area contributed by atoms with Crippen LogP contribution in [0.4, 0.5) is 0 Å². The molecule has 1 saturated heterocycles. The van der Waals surface area contributed by atoms with Crippen LogP contribution >= 0.6 is 12.4 Å². The summed E-state index contributed by atoms with van der Waals surface area (Å²) in [7, 11) is 0. The van der Waals surface area contributed by atoms with Crippen LogP contribution in [0.25, 0.3) is 0 Å². The van der Waals surface area contributed by atoms with Crippen LogP contribution in [-0.4, -0.2) is 24.5 Å². The number of carbonyl (C=O) groups excluding carboxylic acids is 1. The lowest BCUT2D eigenvalue weighted by Crippen LogP contribution is -2.43. The van der Waals surface area contributed by atoms with Crippen molar-refractivity contribution in [2.45, 2.75) is 64.0 Å². The van der Waals surface area contributed by atoms with Crippen LogP contribution in [0.5, 0.6) is 0 Å². The number of amides is 1. The molecule has 17 heavy (non-hydrogen) atoms. The van der Waals surface area contributed by atoms with Crippen molar-refractivity contribution in [3.63, 3.8) is 0 Å². The highest BCUT2D eigenvalue weighted by molar-refractivity contribution is 5.85. The van der Waals surface area contributed by atoms with E-state index in [2.05, 4.69) is 17.6 Å². The molecular formula is C13H25ClN2O. The lowest BCUT2D eigenvalue weighted by atomic mass is 9.85. The number of carbonyl (C=O) groups is 1. The van der Waals surface area contributed by atoms with Crippen molar-refractivity contribution < 1.29 is 4.79 Å². The smallest absolute Gasteiger partial charge is 0.237 e. The average Bonchev–Trinajstić information content (AvgIpc) is 2.73. The molecule has 0 radical (unpaired) electrons. The van der Waals surface area contributed by atoms with Crippen molar-refractivity contribution in [3.05, 3.63) is 0 Å². The molecule has 1 aliphatic carbocycles. The Labute approximate surface area is 111 Å². The molecule has 3 nitrogen and oxygen atoms in total. The molecule has 1 heterocycles. The predicted octanol–water partition coefficient (Wildman–Crippen LogP) is 2.25. The van der Waals surface area contributed by atoms with Crippen molar-refractivity contribution in [2.75, 3.05) is 6.54 Å². The molecule has 1 amide bonds. The normalized spacial score (nSPS) is 31.5. The second-order valence-corrected chi connectivity index (χ2v) is 5.25. The number of rotatable bonds is 4. The van der Waals surface area contributed by atoms with Gasteiger partial charge in [-0.3, -0.25) is 4.79 Å². The van der Waals surface area contributed by atoms with Crippen LogP contribution in [0.2, 0.25) is 0 Å². The largest absolute Gasteiger partial charge is 0.355 e. The molecule has 0 aromatic heterocycles. The fraction of sp³-hybridized carbons (Fsp3) is 0.923. The van der Waals surface area contributed by atoms with Gasteiger partial charge in [0, 0.05) is 12.6 Å². The van der Waals surface area contributed by atoms with Crippen molar-refractivity contribution in [2.24, 2.45) is 5.92 Å². The first-order valence-electron chi connectivity index (χ1n) is 6.85. The van der Waals surface area contributed by atoms with Crippen LogP contribution in [-0.2, 0) is 4.79 Å². The third-order valence-electron chi connectivity index (χ3n) is 4.01. The summed E-state index contributed by atoms with van der Waals surface area (Å²) in [5.41, 5.74) is 0. The van der Waals surface area contributed by atoms with Crippen molar-refractivity contribution in [3.8, 4) is 0 Å². The number of fused-ring (bicyclic) bond motifs is 1. The fourth-order valence-electron chi connectivity index (χ4n) is 3.03. The molecule has 0 aromatic carbocycles. The fourth-order valence-corrected chi connectivity index (χ4v) is 3.03. The Balaban J connectivity index is 0.00000144. The Morgan fingerprint density at radius 3 is 2.82 bits per heavy atom. The van der Waals surface area contributed by atoms with E-state index in [9.17, 15) is 4.79 Å². The number of hydrogen-bond acceptors (Lipinski definition) is 2. The molecule has 0 bridgehead atoms. The van der Waals surface area contributed by atoms with E-state index < -0.39 is 0 Å². The Bertz CT molecular complexity index is 234. The van der Waals surface area contributed by atoms with Gasteiger partial charge in [0.2, 0.25) is 5.91 Å². The maximum atomic E-state index is 11.9. The molecule has 0 aromatic rings. The zero-order valence-electron chi connectivity index (χ0n) is 10.7. The third-order valence-corrected chi connectivity index (χ3v) is 4.01. The highest BCUT2D eigenvalue weighted by Gasteiger charge is 2.37. The van der Waals surface area contributed by atoms with E-state index in [0.717, 1.165) is 31.7 Å². The average molecular weight is 261 g/mol. The van der Waals surface area contributed by atoms with E-state index >= 15 is 0 Å². The van der Waals surface area contributed by atoms with E-state index in [1.54, 1.807) is 0 Å². The molecule has 2 fully saturated rings. The van der Waals surface area contributed by atoms with Gasteiger partial charge in [0.05, 0.1) is 6.04 Å². The first-order valence-corrected chi connectivity index (χ1v) is 6.85. The molecule has 100 valence electrons. The molecule has 4 heteroatoms. The standard InChI is InChI=1S/C13H24N2O.ClH/c1-2-3-8-14-13(16)12-9-10-6-4-5-7-11(10)15-12;/h10-12,15H,2-9H2,1H3,(H,14,16);1H. The summed E-state index contributed by atoms with van der Waals surface area (Å²) in [5.74, 6) is 0.985. The number of nitrogens with one attached hydrogen (secondary N) is 2. The third kappa shape index (κ3) is 3.85. The topological polar surface area (TPSA) is 41.1 Å². The van der Waals surface area contributed by atoms with Crippen molar-refractivity contribution in [1.82, 2.24) is 10.6 Å². The molecule has 2 rings (SSSR count). The highest BCUT2D eigenvalue weighted by Crippen LogP contribution is 2.33. The maximum Gasteiger partial charge on any atom is 0.237 e. The van der Waals surface area contributed by atoms with Gasteiger partial charge in [-0.2, -0.15) is 0 Å². The Morgan fingerprint density at radius 2 is 2.12 bits per heavy atom. The molecule has 1 aliphatic heterocycles. The van der Waals surface area contributed by atoms with E-state index in [1.165, 1.54) is 25.7 Å². The van der Waals surface area contributed by atoms with Crippen LogP contribution in [0.3, 0.4) is 0 Å². The summed E-state index contributed by atoms with van der Waals surface area (Å²) in [6.45, 7) is 2.98. The van der Waals surface area contributed by atoms with Crippen molar-refractivity contribution in [1.29, 1.82) is 0 Å². The minimum absolute atomic E-state index is 0. The van der Waals surface area contributed by atoms with Gasteiger partial charge in [-0.25, -0.2) is 0 Å². The molecule has 0 spiro atoms. The first kappa shape index (κ1) is 14.8. The molecule has 2 N–H and O–H groups in total. The summed E-state index contributed by atoms with van der Waals surface area (Å²) < 4.78 is 0. The van der Waals surface area contributed by atoms with Crippen LogP contribution in [0, 0.1) is 5.92 Å². The lowest BCUT2D eigenvalue weighted by Gasteiger charge is -2.24. The molecule has 2 aliphatic rings. The molecular weight excluding hydrogens is 236 g/mol. The van der Waals surface area contributed by atoms with Gasteiger partial charge in [-0.1, -0.05) is 26.2 Å². The second-order valence-electron chi connectivity index (χ2n) is 5.25. The lowest BCUT2D eigenvalue weighted by molar-refractivity contribution is -0.122. The molecule has 1 saturated carbocycles. The van der Waals surface area contributed by atoms with Gasteiger partial charge in [-0.05, 0) is 31.6 Å². The molecule has 3 atom stereocenters. The maximum absolute atomic E-state index is 11.9. The summed E-state index contributed by atoms with van der Waals surface area (Å²) in [5, 5.41) is 6.54. The predicted molar refractivity (Wildman–Crippen MR) is 72.5 cm³/mol. The summed E-state index contributed by atoms with van der Waals surface area (Å²) in [4.78, 5) is 11.9.